The zero-order valence-electron chi connectivity index (χ0n) is 40.6. The predicted octanol–water partition coefficient (Wildman–Crippen LogP) is 19.5. The van der Waals surface area contributed by atoms with Crippen molar-refractivity contribution in [3.63, 3.8) is 0 Å². The maximum atomic E-state index is 5.39. The van der Waals surface area contributed by atoms with E-state index in [0.717, 1.165) is 60.8 Å². The SMILES string of the molecule is c1ccc(-c2cc(-c3ccccc3)cc(-c3ccc(-c4ccc(-c5nc(-c6ccc(-c7ccc(-c8cc(-c9ccccc9)cc(-c9ccccc9)c8)cc7)cc6)c6c(ccc7ccccc76)n5)cc4)cc3)c2)cc1. The van der Waals surface area contributed by atoms with Crippen molar-refractivity contribution in [2.75, 3.05) is 0 Å². The summed E-state index contributed by atoms with van der Waals surface area (Å²) in [5.74, 6) is 0.698. The standard InChI is InChI=1S/C72H48N2/c1-5-15-49(16-6-1)62-43-63(50-17-7-2-8-18-50)46-66(45-62)57-29-25-53(26-30-57)55-33-37-60(38-34-55)71-70-68-24-14-13-23-59(68)41-42-69(70)73-72(74-71)61-39-35-56(36-40-61)54-27-31-58(32-28-54)67-47-64(51-19-9-3-10-20-51)44-65(48-67)52-21-11-4-12-22-52/h1-48H. The Labute approximate surface area is 432 Å². The first kappa shape index (κ1) is 44.2. The number of aromatic nitrogens is 2. The number of fused-ring (bicyclic) bond motifs is 3. The van der Waals surface area contributed by atoms with Crippen molar-refractivity contribution in [2.45, 2.75) is 0 Å². The highest BCUT2D eigenvalue weighted by Gasteiger charge is 2.16. The van der Waals surface area contributed by atoms with Gasteiger partial charge in [-0.2, -0.15) is 0 Å². The monoisotopic (exact) mass is 940 g/mol. The van der Waals surface area contributed by atoms with Crippen LogP contribution in [0.4, 0.5) is 0 Å². The average Bonchev–Trinajstić information content (AvgIpc) is 3.50. The van der Waals surface area contributed by atoms with E-state index < -0.39 is 0 Å². The van der Waals surface area contributed by atoms with Gasteiger partial charge in [0.15, 0.2) is 5.82 Å². The summed E-state index contributed by atoms with van der Waals surface area (Å²) >= 11 is 0. The van der Waals surface area contributed by atoms with Gasteiger partial charge in [-0.1, -0.05) is 249 Å². The molecule has 0 aliphatic carbocycles. The molecule has 74 heavy (non-hydrogen) atoms. The molecule has 2 nitrogen and oxygen atoms in total. The Kier molecular flexibility index (Phi) is 11.6. The Balaban J connectivity index is 0.800. The van der Waals surface area contributed by atoms with Gasteiger partial charge in [0.25, 0.3) is 0 Å². The molecule has 13 rings (SSSR count). The second-order valence-corrected chi connectivity index (χ2v) is 18.9. The van der Waals surface area contributed by atoms with Crippen LogP contribution in [0.2, 0.25) is 0 Å². The molecule has 0 saturated carbocycles. The summed E-state index contributed by atoms with van der Waals surface area (Å²) in [4.78, 5) is 10.6. The van der Waals surface area contributed by atoms with Gasteiger partial charge in [-0.15, -0.1) is 0 Å². The van der Waals surface area contributed by atoms with Gasteiger partial charge in [-0.25, -0.2) is 9.97 Å². The fourth-order valence-electron chi connectivity index (χ4n) is 10.4. The Morgan fingerprint density at radius 2 is 0.473 bits per heavy atom. The summed E-state index contributed by atoms with van der Waals surface area (Å²) in [5.41, 5.74) is 22.8. The quantitative estimate of drug-likeness (QED) is 0.128. The van der Waals surface area contributed by atoms with E-state index in [0.29, 0.717) is 5.82 Å². The van der Waals surface area contributed by atoms with Crippen LogP contribution in [0.15, 0.2) is 291 Å². The van der Waals surface area contributed by atoms with Crippen molar-refractivity contribution in [1.29, 1.82) is 0 Å². The van der Waals surface area contributed by atoms with E-state index >= 15 is 0 Å². The minimum atomic E-state index is 0.698. The van der Waals surface area contributed by atoms with Crippen LogP contribution in [0.1, 0.15) is 0 Å². The fourth-order valence-corrected chi connectivity index (χ4v) is 10.4. The van der Waals surface area contributed by atoms with Crippen molar-refractivity contribution in [1.82, 2.24) is 9.97 Å². The molecule has 0 saturated heterocycles. The normalized spacial score (nSPS) is 11.2. The Morgan fingerprint density at radius 1 is 0.189 bits per heavy atom. The first-order chi connectivity index (χ1) is 36.6. The second-order valence-electron chi connectivity index (χ2n) is 18.9. The van der Waals surface area contributed by atoms with Gasteiger partial charge in [0.2, 0.25) is 0 Å². The molecule has 0 amide bonds. The minimum absolute atomic E-state index is 0.698. The Hall–Kier alpha value is -9.76. The topological polar surface area (TPSA) is 25.8 Å². The summed E-state index contributed by atoms with van der Waals surface area (Å²) in [6, 6.07) is 105. The first-order valence-electron chi connectivity index (χ1n) is 25.3. The molecule has 13 aromatic rings. The van der Waals surface area contributed by atoms with E-state index in [1.165, 1.54) is 66.8 Å². The van der Waals surface area contributed by atoms with Gasteiger partial charge >= 0.3 is 0 Å². The highest BCUT2D eigenvalue weighted by atomic mass is 14.9. The van der Waals surface area contributed by atoms with Crippen molar-refractivity contribution >= 4 is 21.7 Å². The highest BCUT2D eigenvalue weighted by molar-refractivity contribution is 6.12. The molecule has 346 valence electrons. The summed E-state index contributed by atoms with van der Waals surface area (Å²) < 4.78 is 0. The molecule has 0 aliphatic heterocycles. The average molecular weight is 941 g/mol. The number of hydrogen-bond acceptors (Lipinski definition) is 2. The van der Waals surface area contributed by atoms with Crippen LogP contribution in [-0.2, 0) is 0 Å². The largest absolute Gasteiger partial charge is 0.228 e. The van der Waals surface area contributed by atoms with E-state index in [2.05, 4.69) is 291 Å². The van der Waals surface area contributed by atoms with E-state index in [4.69, 9.17) is 9.97 Å². The van der Waals surface area contributed by atoms with Crippen molar-refractivity contribution in [3.05, 3.63) is 291 Å². The number of nitrogens with zero attached hydrogens (tertiary/aromatic N) is 2. The molecule has 0 fully saturated rings. The van der Waals surface area contributed by atoms with Crippen molar-refractivity contribution in [2.24, 2.45) is 0 Å². The second kappa shape index (κ2) is 19.4. The van der Waals surface area contributed by atoms with Crippen molar-refractivity contribution in [3.8, 4) is 112 Å². The fraction of sp³-hybridized carbons (Fsp3) is 0. The van der Waals surface area contributed by atoms with Gasteiger partial charge < -0.3 is 0 Å². The lowest BCUT2D eigenvalue weighted by Crippen LogP contribution is -1.96. The van der Waals surface area contributed by atoms with Crippen LogP contribution in [0, 0.1) is 0 Å². The molecule has 2 heteroatoms. The highest BCUT2D eigenvalue weighted by Crippen LogP contribution is 2.39. The van der Waals surface area contributed by atoms with Crippen LogP contribution in [-0.4, -0.2) is 9.97 Å². The zero-order valence-corrected chi connectivity index (χ0v) is 40.6. The lowest BCUT2D eigenvalue weighted by atomic mass is 9.92. The summed E-state index contributed by atoms with van der Waals surface area (Å²) in [7, 11) is 0. The number of hydrogen-bond donors (Lipinski definition) is 0. The van der Waals surface area contributed by atoms with E-state index in [1.54, 1.807) is 0 Å². The van der Waals surface area contributed by atoms with Gasteiger partial charge in [0, 0.05) is 16.5 Å². The minimum Gasteiger partial charge on any atom is -0.228 e. The number of rotatable bonds is 10. The van der Waals surface area contributed by atoms with Crippen LogP contribution >= 0.6 is 0 Å². The third-order valence-corrected chi connectivity index (χ3v) is 14.3. The molecule has 0 unspecified atom stereocenters. The molecular weight excluding hydrogens is 893 g/mol. The maximum absolute atomic E-state index is 5.39. The lowest BCUT2D eigenvalue weighted by Gasteiger charge is -2.13. The number of benzene rings is 12. The molecule has 0 spiro atoms. The molecule has 0 N–H and O–H groups in total. The summed E-state index contributed by atoms with van der Waals surface area (Å²) in [6.07, 6.45) is 0. The van der Waals surface area contributed by atoms with Crippen molar-refractivity contribution < 1.29 is 0 Å². The molecule has 1 aromatic heterocycles. The zero-order chi connectivity index (χ0) is 49.2. The Morgan fingerprint density at radius 3 is 0.838 bits per heavy atom. The molecule has 0 aliphatic rings. The molecule has 0 atom stereocenters. The van der Waals surface area contributed by atoms with E-state index in [-0.39, 0.29) is 0 Å². The first-order valence-corrected chi connectivity index (χ1v) is 25.3. The Bertz CT molecular complexity index is 3980. The van der Waals surface area contributed by atoms with Crippen LogP contribution in [0.3, 0.4) is 0 Å². The van der Waals surface area contributed by atoms with E-state index in [1.807, 2.05) is 0 Å². The molecule has 1 heterocycles. The maximum Gasteiger partial charge on any atom is 0.160 e. The summed E-state index contributed by atoms with van der Waals surface area (Å²) in [6.45, 7) is 0. The third-order valence-electron chi connectivity index (χ3n) is 14.3. The third kappa shape index (κ3) is 8.87. The van der Waals surface area contributed by atoms with Gasteiger partial charge in [0.05, 0.1) is 11.2 Å². The van der Waals surface area contributed by atoms with Crippen LogP contribution < -0.4 is 0 Å². The van der Waals surface area contributed by atoms with Gasteiger partial charge in [-0.05, 0) is 142 Å². The lowest BCUT2D eigenvalue weighted by molar-refractivity contribution is 1.23. The molecule has 0 bridgehead atoms. The predicted molar refractivity (Wildman–Crippen MR) is 311 cm³/mol. The smallest absolute Gasteiger partial charge is 0.160 e. The van der Waals surface area contributed by atoms with Gasteiger partial charge in [0.1, 0.15) is 0 Å². The van der Waals surface area contributed by atoms with Gasteiger partial charge in [-0.3, -0.25) is 0 Å². The molecule has 12 aromatic carbocycles. The summed E-state index contributed by atoms with van der Waals surface area (Å²) in [5, 5.41) is 3.36. The molecule has 0 radical (unpaired) electrons. The van der Waals surface area contributed by atoms with Crippen LogP contribution in [0.5, 0.6) is 0 Å². The van der Waals surface area contributed by atoms with E-state index in [9.17, 15) is 0 Å². The molecular formula is C72H48N2. The van der Waals surface area contributed by atoms with Crippen LogP contribution in [0.25, 0.3) is 133 Å².